The van der Waals surface area contributed by atoms with Crippen LogP contribution in [0, 0.1) is 6.92 Å². The van der Waals surface area contributed by atoms with Gasteiger partial charge >= 0.3 is 5.63 Å². The van der Waals surface area contributed by atoms with Crippen molar-refractivity contribution in [3.8, 4) is 5.75 Å². The number of hydrogen-bond acceptors (Lipinski definition) is 3. The molecule has 0 aliphatic rings. The lowest BCUT2D eigenvalue weighted by atomic mass is 10.1. The molecule has 1 aromatic heterocycles. The highest BCUT2D eigenvalue weighted by atomic mass is 16.4. The first-order valence-electron chi connectivity index (χ1n) is 3.47. The van der Waals surface area contributed by atoms with E-state index in [0.717, 1.165) is 0 Å². The number of aryl methyl sites for hydroxylation is 1. The Hall–Kier alpha value is -1.25. The molecular weight excluding hydrogens is 144 g/mol. The normalized spacial score (nSPS) is 10.0. The van der Waals surface area contributed by atoms with Crippen molar-refractivity contribution in [2.45, 2.75) is 20.3 Å². The van der Waals surface area contributed by atoms with Crippen LogP contribution < -0.4 is 5.63 Å². The third kappa shape index (κ3) is 1.27. The van der Waals surface area contributed by atoms with Crippen molar-refractivity contribution in [2.75, 3.05) is 0 Å². The predicted molar refractivity (Wildman–Crippen MR) is 40.8 cm³/mol. The minimum Gasteiger partial charge on any atom is -0.507 e. The Morgan fingerprint density at radius 1 is 1.64 bits per heavy atom. The molecule has 0 bridgehead atoms. The molecule has 0 aromatic carbocycles. The minimum absolute atomic E-state index is 0.0590. The van der Waals surface area contributed by atoms with Crippen molar-refractivity contribution < 1.29 is 9.52 Å². The highest BCUT2D eigenvalue weighted by Crippen LogP contribution is 2.17. The maximum Gasteiger partial charge on any atom is 0.342 e. The molecule has 11 heavy (non-hydrogen) atoms. The molecule has 0 radical (unpaired) electrons. The van der Waals surface area contributed by atoms with Gasteiger partial charge in [0, 0.05) is 5.56 Å². The van der Waals surface area contributed by atoms with E-state index in [9.17, 15) is 9.90 Å². The average Bonchev–Trinajstić information content (AvgIpc) is 1.99. The third-order valence-corrected chi connectivity index (χ3v) is 1.60. The van der Waals surface area contributed by atoms with Crippen molar-refractivity contribution in [2.24, 2.45) is 0 Å². The zero-order chi connectivity index (χ0) is 8.43. The number of aromatic hydroxyl groups is 1. The average molecular weight is 154 g/mol. The van der Waals surface area contributed by atoms with Gasteiger partial charge in [-0.05, 0) is 13.3 Å². The Balaban J connectivity index is 3.41. The summed E-state index contributed by atoms with van der Waals surface area (Å²) in [6, 6.07) is 0. The van der Waals surface area contributed by atoms with Crippen LogP contribution in [0.2, 0.25) is 0 Å². The second kappa shape index (κ2) is 2.78. The predicted octanol–water partition coefficient (Wildman–Crippen LogP) is 1.22. The van der Waals surface area contributed by atoms with Crippen LogP contribution in [0.15, 0.2) is 15.5 Å². The van der Waals surface area contributed by atoms with Gasteiger partial charge in [0.15, 0.2) is 0 Å². The van der Waals surface area contributed by atoms with Crippen LogP contribution in [0.4, 0.5) is 0 Å². The molecule has 1 rings (SSSR count). The Morgan fingerprint density at radius 3 is 2.73 bits per heavy atom. The van der Waals surface area contributed by atoms with E-state index in [1.54, 1.807) is 13.8 Å². The summed E-state index contributed by atoms with van der Waals surface area (Å²) >= 11 is 0. The van der Waals surface area contributed by atoms with Crippen LogP contribution in [-0.4, -0.2) is 5.11 Å². The molecule has 0 unspecified atom stereocenters. The van der Waals surface area contributed by atoms with Gasteiger partial charge in [-0.15, -0.1) is 0 Å². The summed E-state index contributed by atoms with van der Waals surface area (Å²) in [7, 11) is 0. The molecule has 3 heteroatoms. The zero-order valence-corrected chi connectivity index (χ0v) is 6.55. The molecule has 0 saturated heterocycles. The van der Waals surface area contributed by atoms with Crippen molar-refractivity contribution in [3.05, 3.63) is 27.8 Å². The van der Waals surface area contributed by atoms with Crippen LogP contribution in [0.5, 0.6) is 5.75 Å². The maximum atomic E-state index is 10.9. The van der Waals surface area contributed by atoms with Crippen LogP contribution in [0.25, 0.3) is 0 Å². The Labute approximate surface area is 64.3 Å². The fraction of sp³-hybridized carbons (Fsp3) is 0.375. The van der Waals surface area contributed by atoms with Gasteiger partial charge in [0.05, 0.1) is 5.56 Å². The maximum absolute atomic E-state index is 10.9. The fourth-order valence-corrected chi connectivity index (χ4v) is 0.915. The summed E-state index contributed by atoms with van der Waals surface area (Å²) in [5, 5.41) is 9.32. The van der Waals surface area contributed by atoms with E-state index in [0.29, 0.717) is 17.5 Å². The van der Waals surface area contributed by atoms with Crippen LogP contribution >= 0.6 is 0 Å². The summed E-state index contributed by atoms with van der Waals surface area (Å²) in [6.45, 7) is 3.49. The van der Waals surface area contributed by atoms with Crippen LogP contribution in [0.3, 0.4) is 0 Å². The van der Waals surface area contributed by atoms with Gasteiger partial charge in [-0.2, -0.15) is 0 Å². The smallest absolute Gasteiger partial charge is 0.342 e. The lowest BCUT2D eigenvalue weighted by Crippen LogP contribution is -2.06. The second-order valence-corrected chi connectivity index (χ2v) is 2.39. The van der Waals surface area contributed by atoms with E-state index in [1.165, 1.54) is 6.26 Å². The summed E-state index contributed by atoms with van der Waals surface area (Å²) in [5.41, 5.74) is 0.502. The zero-order valence-electron chi connectivity index (χ0n) is 6.55. The molecule has 0 amide bonds. The molecule has 0 fully saturated rings. The Morgan fingerprint density at radius 2 is 2.27 bits per heavy atom. The SMILES string of the molecule is CCc1c(O)c(C)coc1=O. The highest BCUT2D eigenvalue weighted by Gasteiger charge is 2.07. The lowest BCUT2D eigenvalue weighted by Gasteiger charge is -2.00. The largest absolute Gasteiger partial charge is 0.507 e. The molecule has 0 aliphatic carbocycles. The van der Waals surface area contributed by atoms with E-state index >= 15 is 0 Å². The van der Waals surface area contributed by atoms with Crippen LogP contribution in [0.1, 0.15) is 18.1 Å². The molecule has 60 valence electrons. The highest BCUT2D eigenvalue weighted by molar-refractivity contribution is 5.34. The molecule has 1 N–H and O–H groups in total. The lowest BCUT2D eigenvalue weighted by molar-refractivity contribution is 0.430. The van der Waals surface area contributed by atoms with Crippen LogP contribution in [-0.2, 0) is 6.42 Å². The Kier molecular flexibility index (Phi) is 1.98. The van der Waals surface area contributed by atoms with E-state index in [4.69, 9.17) is 0 Å². The first kappa shape index (κ1) is 7.85. The van der Waals surface area contributed by atoms with E-state index in [1.807, 2.05) is 0 Å². The molecule has 0 aliphatic heterocycles. The summed E-state index contributed by atoms with van der Waals surface area (Å²) in [5.74, 6) is 0.0590. The van der Waals surface area contributed by atoms with E-state index < -0.39 is 5.63 Å². The first-order chi connectivity index (χ1) is 5.16. The van der Waals surface area contributed by atoms with Crippen molar-refractivity contribution >= 4 is 0 Å². The van der Waals surface area contributed by atoms with Crippen molar-refractivity contribution in [1.82, 2.24) is 0 Å². The van der Waals surface area contributed by atoms with Gasteiger partial charge in [0.2, 0.25) is 0 Å². The molecule has 3 nitrogen and oxygen atoms in total. The van der Waals surface area contributed by atoms with Gasteiger partial charge in [-0.1, -0.05) is 6.92 Å². The quantitative estimate of drug-likeness (QED) is 0.661. The Bertz CT molecular complexity index is 312. The second-order valence-electron chi connectivity index (χ2n) is 2.39. The number of hydrogen-bond donors (Lipinski definition) is 1. The van der Waals surface area contributed by atoms with Gasteiger partial charge in [0.1, 0.15) is 12.0 Å². The van der Waals surface area contributed by atoms with Crippen molar-refractivity contribution in [1.29, 1.82) is 0 Å². The van der Waals surface area contributed by atoms with Gasteiger partial charge in [-0.25, -0.2) is 4.79 Å². The van der Waals surface area contributed by atoms with E-state index in [-0.39, 0.29) is 5.75 Å². The standard InChI is InChI=1S/C8H10O3/c1-3-6-7(9)5(2)4-11-8(6)10/h4,9H,3H2,1-2H3. The van der Waals surface area contributed by atoms with E-state index in [2.05, 4.69) is 4.42 Å². The fourth-order valence-electron chi connectivity index (χ4n) is 0.915. The minimum atomic E-state index is -0.449. The third-order valence-electron chi connectivity index (χ3n) is 1.60. The summed E-state index contributed by atoms with van der Waals surface area (Å²) in [4.78, 5) is 10.9. The monoisotopic (exact) mass is 154 g/mol. The molecule has 0 atom stereocenters. The molecule has 0 saturated carbocycles. The van der Waals surface area contributed by atoms with Gasteiger partial charge in [-0.3, -0.25) is 0 Å². The summed E-state index contributed by atoms with van der Waals surface area (Å²) < 4.78 is 4.65. The topological polar surface area (TPSA) is 50.4 Å². The molecule has 1 aromatic rings. The van der Waals surface area contributed by atoms with Crippen molar-refractivity contribution in [3.63, 3.8) is 0 Å². The van der Waals surface area contributed by atoms with Gasteiger partial charge < -0.3 is 9.52 Å². The first-order valence-corrected chi connectivity index (χ1v) is 3.47. The molecule has 1 heterocycles. The molecular formula is C8H10O3. The van der Waals surface area contributed by atoms with Gasteiger partial charge in [0.25, 0.3) is 0 Å². The summed E-state index contributed by atoms with van der Waals surface area (Å²) in [6.07, 6.45) is 1.76. The molecule has 0 spiro atoms. The number of rotatable bonds is 1.